The molecule has 1 N–H and O–H groups in total. The molecule has 2 aliphatic heterocycles. The van der Waals surface area contributed by atoms with E-state index in [2.05, 4.69) is 21.9 Å². The van der Waals surface area contributed by atoms with Crippen molar-refractivity contribution in [3.63, 3.8) is 0 Å². The summed E-state index contributed by atoms with van der Waals surface area (Å²) in [7, 11) is 0. The van der Waals surface area contributed by atoms with Crippen LogP contribution >= 0.6 is 0 Å². The number of hydrogen-bond donors (Lipinski definition) is 1. The highest BCUT2D eigenvalue weighted by Crippen LogP contribution is 2.38. The van der Waals surface area contributed by atoms with Crippen molar-refractivity contribution in [2.75, 3.05) is 6.54 Å². The average Bonchev–Trinajstić information content (AvgIpc) is 2.95. The quantitative estimate of drug-likeness (QED) is 0.841. The van der Waals surface area contributed by atoms with Crippen LogP contribution in [0.3, 0.4) is 0 Å². The molecule has 3 atom stereocenters. The minimum Gasteiger partial charge on any atom is -0.352 e. The van der Waals surface area contributed by atoms with Gasteiger partial charge in [0.2, 0.25) is 5.91 Å². The van der Waals surface area contributed by atoms with E-state index < -0.39 is 11.7 Å². The third kappa shape index (κ3) is 3.29. The molecule has 7 heteroatoms. The van der Waals surface area contributed by atoms with Crippen LogP contribution in [-0.2, 0) is 4.79 Å². The third-order valence-electron chi connectivity index (χ3n) is 5.61. The van der Waals surface area contributed by atoms with Gasteiger partial charge in [-0.3, -0.25) is 19.6 Å². The van der Waals surface area contributed by atoms with Crippen molar-refractivity contribution in [2.45, 2.75) is 37.8 Å². The topological polar surface area (TPSA) is 75.2 Å². The zero-order valence-corrected chi connectivity index (χ0v) is 14.9. The first-order valence-electron chi connectivity index (χ1n) is 9.20. The first-order chi connectivity index (χ1) is 13.1. The predicted octanol–water partition coefficient (Wildman–Crippen LogP) is 2.45. The normalized spacial score (nSPS) is 24.0. The summed E-state index contributed by atoms with van der Waals surface area (Å²) < 4.78 is 14.3. The van der Waals surface area contributed by atoms with Crippen LogP contribution in [0.25, 0.3) is 11.0 Å². The Morgan fingerprint density at radius 2 is 1.81 bits per heavy atom. The van der Waals surface area contributed by atoms with Crippen LogP contribution in [0, 0.1) is 11.7 Å². The molecule has 4 rings (SSSR count). The first-order valence-corrected chi connectivity index (χ1v) is 9.20. The Morgan fingerprint density at radius 3 is 2.44 bits per heavy atom. The van der Waals surface area contributed by atoms with Crippen LogP contribution < -0.4 is 5.32 Å². The summed E-state index contributed by atoms with van der Waals surface area (Å²) >= 11 is 0. The summed E-state index contributed by atoms with van der Waals surface area (Å²) in [5.74, 6) is -0.781. The number of nitrogens with one attached hydrogen (secondary N) is 1. The maximum atomic E-state index is 14.3. The van der Waals surface area contributed by atoms with Crippen molar-refractivity contribution in [2.24, 2.45) is 5.92 Å². The number of benzene rings is 1. The van der Waals surface area contributed by atoms with Crippen LogP contribution in [0.15, 0.2) is 37.2 Å². The number of nitrogens with zero attached hydrogens (tertiary/aromatic N) is 3. The SMILES string of the molecule is C=CC(=O)N1[C@@H]2CC[C@H]1CC(CNC(=O)c1cc3nccnc3cc1F)C2. The molecule has 0 spiro atoms. The van der Waals surface area contributed by atoms with E-state index in [9.17, 15) is 14.0 Å². The molecule has 0 radical (unpaired) electrons. The Hall–Kier alpha value is -2.83. The zero-order chi connectivity index (χ0) is 19.0. The second-order valence-electron chi connectivity index (χ2n) is 7.26. The van der Waals surface area contributed by atoms with E-state index in [-0.39, 0.29) is 29.5 Å². The Balaban J connectivity index is 1.41. The summed E-state index contributed by atoms with van der Waals surface area (Å²) in [5, 5.41) is 2.85. The van der Waals surface area contributed by atoms with E-state index in [0.29, 0.717) is 17.6 Å². The minimum absolute atomic E-state index is 0.00988. The molecule has 2 amide bonds. The number of amides is 2. The molecular formula is C20H21FN4O2. The number of halogens is 1. The van der Waals surface area contributed by atoms with Gasteiger partial charge in [0.05, 0.1) is 16.6 Å². The van der Waals surface area contributed by atoms with Gasteiger partial charge in [0.15, 0.2) is 0 Å². The van der Waals surface area contributed by atoms with E-state index in [4.69, 9.17) is 0 Å². The molecule has 1 unspecified atom stereocenters. The largest absolute Gasteiger partial charge is 0.352 e. The molecule has 0 saturated carbocycles. The molecule has 3 heterocycles. The van der Waals surface area contributed by atoms with Gasteiger partial charge in [0.25, 0.3) is 5.91 Å². The number of piperidine rings is 1. The minimum atomic E-state index is -0.605. The Bertz CT molecular complexity index is 902. The molecule has 2 aliphatic rings. The van der Waals surface area contributed by atoms with Crippen LogP contribution in [0.2, 0.25) is 0 Å². The molecule has 6 nitrogen and oxygen atoms in total. The van der Waals surface area contributed by atoms with Crippen molar-refractivity contribution in [1.82, 2.24) is 20.2 Å². The van der Waals surface area contributed by atoms with Crippen LogP contribution in [0.1, 0.15) is 36.0 Å². The molecule has 2 saturated heterocycles. The average molecular weight is 368 g/mol. The van der Waals surface area contributed by atoms with Gasteiger partial charge in [-0.1, -0.05) is 6.58 Å². The van der Waals surface area contributed by atoms with E-state index >= 15 is 0 Å². The van der Waals surface area contributed by atoms with Crippen molar-refractivity contribution in [3.8, 4) is 0 Å². The molecule has 2 aromatic rings. The fourth-order valence-corrected chi connectivity index (χ4v) is 4.41. The standard InChI is InChI=1S/C20H21FN4O2/c1-2-19(26)25-13-3-4-14(25)8-12(7-13)11-24-20(27)15-9-17-18(10-16(15)21)23-6-5-22-17/h2,5-6,9-10,12-14H,1,3-4,7-8,11H2,(H,24,27)/t12?,13-,14+. The lowest BCUT2D eigenvalue weighted by atomic mass is 9.90. The Kier molecular flexibility index (Phi) is 4.59. The predicted molar refractivity (Wildman–Crippen MR) is 98.4 cm³/mol. The number of fused-ring (bicyclic) bond motifs is 3. The Morgan fingerprint density at radius 1 is 1.19 bits per heavy atom. The smallest absolute Gasteiger partial charge is 0.254 e. The third-order valence-corrected chi connectivity index (χ3v) is 5.61. The first kappa shape index (κ1) is 17.6. The highest BCUT2D eigenvalue weighted by molar-refractivity contribution is 5.97. The van der Waals surface area contributed by atoms with Crippen LogP contribution in [0.5, 0.6) is 0 Å². The van der Waals surface area contributed by atoms with Gasteiger partial charge in [-0.05, 0) is 43.7 Å². The monoisotopic (exact) mass is 368 g/mol. The van der Waals surface area contributed by atoms with Crippen LogP contribution in [-0.4, -0.2) is 45.3 Å². The van der Waals surface area contributed by atoms with Crippen molar-refractivity contribution in [1.29, 1.82) is 0 Å². The van der Waals surface area contributed by atoms with Gasteiger partial charge in [-0.2, -0.15) is 0 Å². The number of hydrogen-bond acceptors (Lipinski definition) is 4. The summed E-state index contributed by atoms with van der Waals surface area (Å²) in [6.07, 6.45) is 8.05. The van der Waals surface area contributed by atoms with E-state index in [1.165, 1.54) is 30.6 Å². The van der Waals surface area contributed by atoms with E-state index in [1.807, 2.05) is 4.90 Å². The lowest BCUT2D eigenvalue weighted by Gasteiger charge is -2.38. The van der Waals surface area contributed by atoms with Gasteiger partial charge in [-0.15, -0.1) is 0 Å². The number of rotatable bonds is 4. The van der Waals surface area contributed by atoms with Gasteiger partial charge in [0.1, 0.15) is 5.82 Å². The lowest BCUT2D eigenvalue weighted by Crippen LogP contribution is -2.47. The maximum absolute atomic E-state index is 14.3. The van der Waals surface area contributed by atoms with Gasteiger partial charge in [0, 0.05) is 37.1 Å². The van der Waals surface area contributed by atoms with E-state index in [0.717, 1.165) is 25.7 Å². The molecule has 0 aliphatic carbocycles. The Labute approximate surface area is 156 Å². The fraction of sp³-hybridized carbons (Fsp3) is 0.400. The molecule has 2 fully saturated rings. The highest BCUT2D eigenvalue weighted by atomic mass is 19.1. The van der Waals surface area contributed by atoms with Gasteiger partial charge in [-0.25, -0.2) is 4.39 Å². The summed E-state index contributed by atoms with van der Waals surface area (Å²) in [6, 6.07) is 3.09. The van der Waals surface area contributed by atoms with Crippen molar-refractivity contribution >= 4 is 22.8 Å². The number of carbonyl (C=O) groups is 2. The van der Waals surface area contributed by atoms with Crippen molar-refractivity contribution < 1.29 is 14.0 Å². The maximum Gasteiger partial charge on any atom is 0.254 e. The van der Waals surface area contributed by atoms with Crippen LogP contribution in [0.4, 0.5) is 4.39 Å². The molecule has 27 heavy (non-hydrogen) atoms. The molecular weight excluding hydrogens is 347 g/mol. The lowest BCUT2D eigenvalue weighted by molar-refractivity contribution is -0.130. The molecule has 2 bridgehead atoms. The van der Waals surface area contributed by atoms with E-state index in [1.54, 1.807) is 0 Å². The fourth-order valence-electron chi connectivity index (χ4n) is 4.41. The molecule has 140 valence electrons. The van der Waals surface area contributed by atoms with Gasteiger partial charge >= 0.3 is 0 Å². The zero-order valence-electron chi connectivity index (χ0n) is 14.9. The summed E-state index contributed by atoms with van der Waals surface area (Å²) in [5.41, 5.74) is 0.881. The highest BCUT2D eigenvalue weighted by Gasteiger charge is 2.42. The second kappa shape index (κ2) is 7.06. The summed E-state index contributed by atoms with van der Waals surface area (Å²) in [4.78, 5) is 34.6. The number of carbonyl (C=O) groups excluding carboxylic acids is 2. The number of aromatic nitrogens is 2. The molecule has 1 aromatic carbocycles. The van der Waals surface area contributed by atoms with Gasteiger partial charge < -0.3 is 10.2 Å². The summed E-state index contributed by atoms with van der Waals surface area (Å²) in [6.45, 7) is 4.05. The second-order valence-corrected chi connectivity index (χ2v) is 7.26. The van der Waals surface area contributed by atoms with Crippen molar-refractivity contribution in [3.05, 3.63) is 48.6 Å². The molecule has 1 aromatic heterocycles.